The molecule has 1 aliphatic rings. The molecular formula is C14H21ClN4O. The van der Waals surface area contributed by atoms with Gasteiger partial charge >= 0.3 is 0 Å². The van der Waals surface area contributed by atoms with E-state index in [1.54, 1.807) is 6.07 Å². The van der Waals surface area contributed by atoms with Gasteiger partial charge in [-0.05, 0) is 51.4 Å². The molecule has 0 spiro atoms. The molecule has 0 radical (unpaired) electrons. The van der Waals surface area contributed by atoms with Gasteiger partial charge in [-0.15, -0.1) is 0 Å². The van der Waals surface area contributed by atoms with E-state index in [2.05, 4.69) is 22.2 Å². The Morgan fingerprint density at radius 3 is 2.95 bits per heavy atom. The number of piperidine rings is 1. The van der Waals surface area contributed by atoms with Crippen LogP contribution < -0.4 is 11.1 Å². The Morgan fingerprint density at radius 2 is 2.25 bits per heavy atom. The number of amides is 1. The standard InChI is InChI=1S/C14H21ClN4O/c1-19-6-3-10(4-7-19)2-5-17-14(20)12-8-11(16)9-18-13(12)15/h8-10H,2-7,16H2,1H3,(H,17,20). The van der Waals surface area contributed by atoms with E-state index in [9.17, 15) is 4.79 Å². The maximum atomic E-state index is 12.0. The molecule has 0 unspecified atom stereocenters. The third-order valence-corrected chi connectivity index (χ3v) is 4.08. The van der Waals surface area contributed by atoms with Crippen LogP contribution in [0.1, 0.15) is 29.6 Å². The fourth-order valence-corrected chi connectivity index (χ4v) is 2.65. The zero-order chi connectivity index (χ0) is 14.5. The van der Waals surface area contributed by atoms with Crippen molar-refractivity contribution in [2.45, 2.75) is 19.3 Å². The van der Waals surface area contributed by atoms with Crippen molar-refractivity contribution in [3.63, 3.8) is 0 Å². The van der Waals surface area contributed by atoms with Crippen LogP contribution in [0.5, 0.6) is 0 Å². The third-order valence-electron chi connectivity index (χ3n) is 3.78. The van der Waals surface area contributed by atoms with Crippen LogP contribution in [-0.2, 0) is 0 Å². The van der Waals surface area contributed by atoms with E-state index in [1.165, 1.54) is 19.0 Å². The summed E-state index contributed by atoms with van der Waals surface area (Å²) in [5.41, 5.74) is 6.40. The summed E-state index contributed by atoms with van der Waals surface area (Å²) < 4.78 is 0. The largest absolute Gasteiger partial charge is 0.397 e. The molecule has 0 aliphatic carbocycles. The second-order valence-electron chi connectivity index (χ2n) is 5.40. The molecule has 1 fully saturated rings. The Labute approximate surface area is 124 Å². The number of likely N-dealkylation sites (tertiary alicyclic amines) is 1. The molecule has 1 aromatic rings. The molecule has 2 rings (SSSR count). The minimum absolute atomic E-state index is 0.191. The van der Waals surface area contributed by atoms with E-state index in [1.807, 2.05) is 0 Å². The molecule has 0 aromatic carbocycles. The van der Waals surface area contributed by atoms with Gasteiger partial charge in [-0.2, -0.15) is 0 Å². The van der Waals surface area contributed by atoms with Crippen molar-refractivity contribution in [1.82, 2.24) is 15.2 Å². The molecule has 1 saturated heterocycles. The molecule has 110 valence electrons. The van der Waals surface area contributed by atoms with Gasteiger partial charge in [-0.3, -0.25) is 4.79 Å². The van der Waals surface area contributed by atoms with Gasteiger partial charge in [0.05, 0.1) is 17.4 Å². The summed E-state index contributed by atoms with van der Waals surface area (Å²) in [5, 5.41) is 3.08. The van der Waals surface area contributed by atoms with E-state index < -0.39 is 0 Å². The van der Waals surface area contributed by atoms with Gasteiger partial charge in [0, 0.05) is 6.54 Å². The summed E-state index contributed by atoms with van der Waals surface area (Å²) >= 11 is 5.90. The highest BCUT2D eigenvalue weighted by molar-refractivity contribution is 6.32. The number of nitrogen functional groups attached to an aromatic ring is 1. The topological polar surface area (TPSA) is 71.2 Å². The molecule has 1 amide bonds. The number of nitrogens with two attached hydrogens (primary N) is 1. The average molecular weight is 297 g/mol. The number of anilines is 1. The zero-order valence-electron chi connectivity index (χ0n) is 11.7. The van der Waals surface area contributed by atoms with Crippen molar-refractivity contribution >= 4 is 23.2 Å². The van der Waals surface area contributed by atoms with E-state index in [4.69, 9.17) is 17.3 Å². The van der Waals surface area contributed by atoms with Crippen LogP contribution in [0, 0.1) is 5.92 Å². The highest BCUT2D eigenvalue weighted by Gasteiger charge is 2.17. The Kier molecular flexibility index (Phi) is 5.20. The number of aromatic nitrogens is 1. The Balaban J connectivity index is 1.79. The molecule has 0 saturated carbocycles. The molecule has 6 heteroatoms. The SMILES string of the molecule is CN1CCC(CCNC(=O)c2cc(N)cnc2Cl)CC1. The van der Waals surface area contributed by atoms with Gasteiger partial charge in [0.2, 0.25) is 0 Å². The predicted octanol–water partition coefficient (Wildman–Crippen LogP) is 1.78. The van der Waals surface area contributed by atoms with E-state index in [-0.39, 0.29) is 11.1 Å². The lowest BCUT2D eigenvalue weighted by Gasteiger charge is -2.28. The number of carbonyl (C=O) groups excluding carboxylic acids is 1. The van der Waals surface area contributed by atoms with Crippen LogP contribution in [0.3, 0.4) is 0 Å². The molecule has 1 aliphatic heterocycles. The first-order valence-corrected chi connectivity index (χ1v) is 7.32. The lowest BCUT2D eigenvalue weighted by molar-refractivity contribution is 0.0948. The maximum Gasteiger partial charge on any atom is 0.254 e. The molecule has 3 N–H and O–H groups in total. The summed E-state index contributed by atoms with van der Waals surface area (Å²) in [5.74, 6) is 0.490. The van der Waals surface area contributed by atoms with Crippen molar-refractivity contribution in [1.29, 1.82) is 0 Å². The predicted molar refractivity (Wildman–Crippen MR) is 80.8 cm³/mol. The van der Waals surface area contributed by atoms with Crippen molar-refractivity contribution in [3.8, 4) is 0 Å². The number of nitrogens with zero attached hydrogens (tertiary/aromatic N) is 2. The quantitative estimate of drug-likeness (QED) is 0.831. The summed E-state index contributed by atoms with van der Waals surface area (Å²) in [6.45, 7) is 2.95. The maximum absolute atomic E-state index is 12.0. The number of nitrogens with one attached hydrogen (secondary N) is 1. The molecular weight excluding hydrogens is 276 g/mol. The Hall–Kier alpha value is -1.33. The molecule has 2 heterocycles. The summed E-state index contributed by atoms with van der Waals surface area (Å²) in [4.78, 5) is 18.2. The van der Waals surface area contributed by atoms with Crippen LogP contribution in [0.15, 0.2) is 12.3 Å². The molecule has 1 aromatic heterocycles. The van der Waals surface area contributed by atoms with Gasteiger partial charge < -0.3 is 16.0 Å². The smallest absolute Gasteiger partial charge is 0.254 e. The number of rotatable bonds is 4. The van der Waals surface area contributed by atoms with Gasteiger partial charge in [0.25, 0.3) is 5.91 Å². The van der Waals surface area contributed by atoms with Crippen molar-refractivity contribution in [2.75, 3.05) is 32.4 Å². The lowest BCUT2D eigenvalue weighted by atomic mass is 9.94. The van der Waals surface area contributed by atoms with Gasteiger partial charge in [0.1, 0.15) is 5.15 Å². The first kappa shape index (κ1) is 15.1. The number of hydrogen-bond acceptors (Lipinski definition) is 4. The zero-order valence-corrected chi connectivity index (χ0v) is 12.5. The Morgan fingerprint density at radius 1 is 1.55 bits per heavy atom. The van der Waals surface area contributed by atoms with Crippen LogP contribution >= 0.6 is 11.6 Å². The minimum atomic E-state index is -0.206. The fourth-order valence-electron chi connectivity index (χ4n) is 2.46. The van der Waals surface area contributed by atoms with Crippen molar-refractivity contribution < 1.29 is 4.79 Å². The number of carbonyl (C=O) groups is 1. The highest BCUT2D eigenvalue weighted by atomic mass is 35.5. The first-order valence-electron chi connectivity index (χ1n) is 6.94. The second kappa shape index (κ2) is 6.90. The monoisotopic (exact) mass is 296 g/mol. The average Bonchev–Trinajstić information content (AvgIpc) is 2.43. The van der Waals surface area contributed by atoms with Crippen LogP contribution in [0.2, 0.25) is 5.15 Å². The van der Waals surface area contributed by atoms with Gasteiger partial charge in [-0.1, -0.05) is 11.6 Å². The first-order chi connectivity index (χ1) is 9.56. The van der Waals surface area contributed by atoms with Gasteiger partial charge in [0.15, 0.2) is 0 Å². The fraction of sp³-hybridized carbons (Fsp3) is 0.571. The number of pyridine rings is 1. The number of halogens is 1. The van der Waals surface area contributed by atoms with Crippen LogP contribution in [-0.4, -0.2) is 42.5 Å². The van der Waals surface area contributed by atoms with Gasteiger partial charge in [-0.25, -0.2) is 4.98 Å². The van der Waals surface area contributed by atoms with E-state index in [0.717, 1.165) is 19.5 Å². The van der Waals surface area contributed by atoms with E-state index >= 15 is 0 Å². The third kappa shape index (κ3) is 4.08. The van der Waals surface area contributed by atoms with Crippen molar-refractivity contribution in [2.24, 2.45) is 5.92 Å². The molecule has 20 heavy (non-hydrogen) atoms. The summed E-state index contributed by atoms with van der Waals surface area (Å²) in [6.07, 6.45) is 4.85. The summed E-state index contributed by atoms with van der Waals surface area (Å²) in [7, 11) is 2.15. The number of hydrogen-bond donors (Lipinski definition) is 2. The highest BCUT2D eigenvalue weighted by Crippen LogP contribution is 2.19. The molecule has 5 nitrogen and oxygen atoms in total. The van der Waals surface area contributed by atoms with E-state index in [0.29, 0.717) is 23.7 Å². The van der Waals surface area contributed by atoms with Crippen LogP contribution in [0.4, 0.5) is 5.69 Å². The second-order valence-corrected chi connectivity index (χ2v) is 5.76. The normalized spacial score (nSPS) is 17.1. The molecule has 0 bridgehead atoms. The van der Waals surface area contributed by atoms with Crippen LogP contribution in [0.25, 0.3) is 0 Å². The summed E-state index contributed by atoms with van der Waals surface area (Å²) in [6, 6.07) is 1.56. The Bertz CT molecular complexity index is 472. The minimum Gasteiger partial charge on any atom is -0.397 e. The molecule has 0 atom stereocenters. The lowest BCUT2D eigenvalue weighted by Crippen LogP contribution is -2.32. The van der Waals surface area contributed by atoms with Crippen molar-refractivity contribution in [3.05, 3.63) is 23.0 Å².